The van der Waals surface area contributed by atoms with Crippen LogP contribution in [0.1, 0.15) is 13.3 Å². The van der Waals surface area contributed by atoms with Gasteiger partial charge in [0.05, 0.1) is 24.4 Å². The second-order valence-electron chi connectivity index (χ2n) is 6.46. The summed E-state index contributed by atoms with van der Waals surface area (Å²) in [6.45, 7) is 1.99. The van der Waals surface area contributed by atoms with Crippen molar-refractivity contribution in [3.05, 3.63) is 53.9 Å². The molecule has 2 heterocycles. The average Bonchev–Trinajstić information content (AvgIpc) is 3.18. The number of nitrogens with zero attached hydrogens (tertiary/aromatic N) is 1. The third kappa shape index (κ3) is 4.55. The smallest absolute Gasteiger partial charge is 0.265 e. The van der Waals surface area contributed by atoms with Gasteiger partial charge in [-0.15, -0.1) is 11.3 Å². The minimum absolute atomic E-state index is 0.165. The Hall–Kier alpha value is -3.39. The quantitative estimate of drug-likeness (QED) is 0.644. The normalized spacial score (nSPS) is 15.1. The molecule has 0 saturated heterocycles. The molecule has 8 heteroatoms. The minimum atomic E-state index is -0.514. The van der Waals surface area contributed by atoms with E-state index in [1.54, 1.807) is 13.0 Å². The van der Waals surface area contributed by atoms with Gasteiger partial charge >= 0.3 is 0 Å². The summed E-state index contributed by atoms with van der Waals surface area (Å²) >= 11 is 1.34. The maximum atomic E-state index is 12.1. The van der Waals surface area contributed by atoms with Gasteiger partial charge in [0.2, 0.25) is 5.91 Å². The summed E-state index contributed by atoms with van der Waals surface area (Å²) in [5.74, 6) is 1.01. The van der Waals surface area contributed by atoms with Gasteiger partial charge in [0.1, 0.15) is 11.5 Å². The molecular formula is C21H19N3O4S. The maximum absolute atomic E-state index is 12.1. The van der Waals surface area contributed by atoms with Crippen molar-refractivity contribution in [1.82, 2.24) is 4.98 Å². The van der Waals surface area contributed by atoms with E-state index in [9.17, 15) is 9.59 Å². The van der Waals surface area contributed by atoms with Crippen LogP contribution in [0.2, 0.25) is 0 Å². The Bertz CT molecular complexity index is 1040. The third-order valence-electron chi connectivity index (χ3n) is 4.30. The molecule has 1 aliphatic rings. The maximum Gasteiger partial charge on any atom is 0.265 e. The number of ether oxygens (including phenoxy) is 2. The highest BCUT2D eigenvalue weighted by Gasteiger charge is 2.23. The number of carbonyl (C=O) groups excluding carboxylic acids is 2. The van der Waals surface area contributed by atoms with Crippen molar-refractivity contribution in [2.45, 2.75) is 19.4 Å². The van der Waals surface area contributed by atoms with Gasteiger partial charge in [-0.2, -0.15) is 0 Å². The molecule has 3 aromatic rings. The van der Waals surface area contributed by atoms with E-state index < -0.39 is 6.10 Å². The molecule has 148 valence electrons. The first kappa shape index (κ1) is 18.9. The van der Waals surface area contributed by atoms with Crippen LogP contribution >= 0.6 is 11.3 Å². The summed E-state index contributed by atoms with van der Waals surface area (Å²) in [5.41, 5.74) is 2.15. The molecule has 0 fully saturated rings. The number of benzene rings is 2. The lowest BCUT2D eigenvalue weighted by Gasteiger charge is -2.23. The van der Waals surface area contributed by atoms with E-state index in [4.69, 9.17) is 9.47 Å². The molecule has 7 nitrogen and oxygen atoms in total. The van der Waals surface area contributed by atoms with E-state index in [-0.39, 0.29) is 24.8 Å². The molecule has 2 amide bonds. The summed E-state index contributed by atoms with van der Waals surface area (Å²) in [6.07, 6.45) is -0.287. The highest BCUT2D eigenvalue weighted by atomic mass is 32.1. The molecule has 0 bridgehead atoms. The molecule has 29 heavy (non-hydrogen) atoms. The summed E-state index contributed by atoms with van der Waals surface area (Å²) in [5, 5.41) is 7.97. The Morgan fingerprint density at radius 1 is 1.28 bits per heavy atom. The SMILES string of the molecule is CC1Oc2ccc(-c3csc(NC(=O)CCOc4ccccc4)n3)cc2NC1=O. The number of fused-ring (bicyclic) bond motifs is 1. The number of anilines is 2. The fraction of sp³-hybridized carbons (Fsp3) is 0.190. The molecule has 0 aliphatic carbocycles. The predicted molar refractivity (Wildman–Crippen MR) is 111 cm³/mol. The molecule has 1 aromatic heterocycles. The standard InChI is InChI=1S/C21H19N3O4S/c1-13-20(26)22-16-11-14(7-8-18(16)28-13)17-12-29-21(23-17)24-19(25)9-10-27-15-5-3-2-4-6-15/h2-8,11-13H,9-10H2,1H3,(H,22,26)(H,23,24,25). The topological polar surface area (TPSA) is 89.6 Å². The monoisotopic (exact) mass is 409 g/mol. The highest BCUT2D eigenvalue weighted by Crippen LogP contribution is 2.34. The molecule has 0 saturated carbocycles. The third-order valence-corrected chi connectivity index (χ3v) is 5.06. The Morgan fingerprint density at radius 3 is 2.93 bits per heavy atom. The van der Waals surface area contributed by atoms with Crippen molar-refractivity contribution in [2.24, 2.45) is 0 Å². The molecular weight excluding hydrogens is 390 g/mol. The summed E-state index contributed by atoms with van der Waals surface area (Å²) < 4.78 is 11.1. The van der Waals surface area contributed by atoms with Crippen LogP contribution in [-0.4, -0.2) is 29.5 Å². The van der Waals surface area contributed by atoms with Crippen molar-refractivity contribution in [3.63, 3.8) is 0 Å². The van der Waals surface area contributed by atoms with Crippen LogP contribution in [0.4, 0.5) is 10.8 Å². The van der Waals surface area contributed by atoms with Gasteiger partial charge in [-0.3, -0.25) is 9.59 Å². The number of hydrogen-bond donors (Lipinski definition) is 2. The van der Waals surface area contributed by atoms with Crippen LogP contribution in [0.15, 0.2) is 53.9 Å². The van der Waals surface area contributed by atoms with Gasteiger partial charge in [0.25, 0.3) is 5.91 Å². The van der Waals surface area contributed by atoms with Crippen molar-refractivity contribution in [2.75, 3.05) is 17.2 Å². The van der Waals surface area contributed by atoms with Crippen LogP contribution in [0.5, 0.6) is 11.5 Å². The van der Waals surface area contributed by atoms with Gasteiger partial charge < -0.3 is 20.1 Å². The lowest BCUT2D eigenvalue weighted by molar-refractivity contribution is -0.122. The van der Waals surface area contributed by atoms with E-state index in [2.05, 4.69) is 15.6 Å². The summed E-state index contributed by atoms with van der Waals surface area (Å²) in [4.78, 5) is 28.4. The number of aromatic nitrogens is 1. The largest absolute Gasteiger partial charge is 0.493 e. The summed E-state index contributed by atoms with van der Waals surface area (Å²) in [6, 6.07) is 14.8. The molecule has 0 radical (unpaired) electrons. The number of amides is 2. The van der Waals surface area contributed by atoms with Gasteiger partial charge in [-0.1, -0.05) is 18.2 Å². The Labute approximate surface area is 171 Å². The van der Waals surface area contributed by atoms with Crippen LogP contribution in [0, 0.1) is 0 Å². The fourth-order valence-corrected chi connectivity index (χ4v) is 3.53. The number of para-hydroxylation sites is 1. The van der Waals surface area contributed by atoms with E-state index in [0.29, 0.717) is 22.3 Å². The zero-order valence-corrected chi connectivity index (χ0v) is 16.5. The van der Waals surface area contributed by atoms with Gasteiger partial charge in [-0.25, -0.2) is 4.98 Å². The second kappa shape index (κ2) is 8.32. The van der Waals surface area contributed by atoms with Crippen LogP contribution < -0.4 is 20.1 Å². The fourth-order valence-electron chi connectivity index (χ4n) is 2.79. The number of hydrogen-bond acceptors (Lipinski definition) is 6. The average molecular weight is 409 g/mol. The molecule has 1 atom stereocenters. The zero-order chi connectivity index (χ0) is 20.2. The van der Waals surface area contributed by atoms with E-state index in [1.807, 2.05) is 47.8 Å². The number of thiazole rings is 1. The Kier molecular flexibility index (Phi) is 5.44. The first-order valence-corrected chi connectivity index (χ1v) is 10.0. The first-order chi connectivity index (χ1) is 14.1. The lowest BCUT2D eigenvalue weighted by atomic mass is 10.1. The van der Waals surface area contributed by atoms with Crippen LogP contribution in [0.25, 0.3) is 11.3 Å². The van der Waals surface area contributed by atoms with Crippen LogP contribution in [-0.2, 0) is 9.59 Å². The molecule has 1 aliphatic heterocycles. The number of carbonyl (C=O) groups is 2. The molecule has 1 unspecified atom stereocenters. The van der Waals surface area contributed by atoms with Crippen molar-refractivity contribution >= 4 is 34.0 Å². The van der Waals surface area contributed by atoms with Crippen molar-refractivity contribution < 1.29 is 19.1 Å². The van der Waals surface area contributed by atoms with Crippen LogP contribution in [0.3, 0.4) is 0 Å². The van der Waals surface area contributed by atoms with Gasteiger partial charge in [-0.05, 0) is 37.3 Å². The van der Waals surface area contributed by atoms with E-state index >= 15 is 0 Å². The summed E-state index contributed by atoms with van der Waals surface area (Å²) in [7, 11) is 0. The lowest BCUT2D eigenvalue weighted by Crippen LogP contribution is -2.34. The molecule has 0 spiro atoms. The Morgan fingerprint density at radius 2 is 2.10 bits per heavy atom. The highest BCUT2D eigenvalue weighted by molar-refractivity contribution is 7.14. The van der Waals surface area contributed by atoms with E-state index in [1.165, 1.54) is 11.3 Å². The molecule has 2 aromatic carbocycles. The number of rotatable bonds is 6. The molecule has 4 rings (SSSR count). The predicted octanol–water partition coefficient (Wildman–Crippen LogP) is 3.94. The zero-order valence-electron chi connectivity index (χ0n) is 15.7. The Balaban J connectivity index is 1.35. The second-order valence-corrected chi connectivity index (χ2v) is 7.32. The van der Waals surface area contributed by atoms with Gasteiger partial charge in [0.15, 0.2) is 11.2 Å². The molecule has 2 N–H and O–H groups in total. The number of nitrogens with one attached hydrogen (secondary N) is 2. The van der Waals surface area contributed by atoms with Crippen molar-refractivity contribution in [1.29, 1.82) is 0 Å². The first-order valence-electron chi connectivity index (χ1n) is 9.13. The van der Waals surface area contributed by atoms with Gasteiger partial charge in [0, 0.05) is 10.9 Å². The van der Waals surface area contributed by atoms with Crippen molar-refractivity contribution in [3.8, 4) is 22.8 Å². The van der Waals surface area contributed by atoms with E-state index in [0.717, 1.165) is 11.3 Å². The minimum Gasteiger partial charge on any atom is -0.493 e.